The van der Waals surface area contributed by atoms with Crippen molar-refractivity contribution >= 4 is 27.9 Å². The summed E-state index contributed by atoms with van der Waals surface area (Å²) >= 11 is 0. The first-order valence-corrected chi connectivity index (χ1v) is 10.8. The van der Waals surface area contributed by atoms with Crippen LogP contribution in [0, 0.1) is 0 Å². The molecule has 4 rings (SSSR count). The van der Waals surface area contributed by atoms with Gasteiger partial charge >= 0.3 is 6.03 Å². The summed E-state index contributed by atoms with van der Waals surface area (Å²) in [6.07, 6.45) is 2.83. The number of benzene rings is 1. The Labute approximate surface area is 163 Å². The van der Waals surface area contributed by atoms with Crippen LogP contribution in [0.1, 0.15) is 24.0 Å². The molecular weight excluding hydrogens is 384 g/mol. The van der Waals surface area contributed by atoms with Gasteiger partial charge in [0.2, 0.25) is 15.9 Å². The number of piperazine rings is 1. The first-order chi connectivity index (χ1) is 13.3. The molecule has 10 heteroatoms. The zero-order chi connectivity index (χ0) is 19.9. The molecule has 9 nitrogen and oxygen atoms in total. The molecule has 2 heterocycles. The van der Waals surface area contributed by atoms with Crippen LogP contribution >= 0.6 is 0 Å². The van der Waals surface area contributed by atoms with Crippen LogP contribution in [0.15, 0.2) is 23.1 Å². The molecule has 0 bridgehead atoms. The fraction of sp³-hybridized carbons (Fsp3) is 0.500. The van der Waals surface area contributed by atoms with E-state index < -0.39 is 28.0 Å². The molecule has 2 N–H and O–H groups in total. The smallest absolute Gasteiger partial charge is 0.322 e. The average Bonchev–Trinajstić information content (AvgIpc) is 3.27. The minimum atomic E-state index is -3.60. The normalized spacial score (nSPS) is 22.7. The Kier molecular flexibility index (Phi) is 4.84. The summed E-state index contributed by atoms with van der Waals surface area (Å²) in [5.74, 6) is -0.798. The summed E-state index contributed by atoms with van der Waals surface area (Å²) in [5, 5.41) is 4.49. The van der Waals surface area contributed by atoms with Crippen LogP contribution in [0.25, 0.3) is 0 Å². The Balaban J connectivity index is 1.37. The quantitative estimate of drug-likeness (QED) is 0.661. The second kappa shape index (κ2) is 7.17. The van der Waals surface area contributed by atoms with Crippen molar-refractivity contribution < 1.29 is 22.8 Å². The monoisotopic (exact) mass is 406 g/mol. The molecule has 0 saturated carbocycles. The van der Waals surface area contributed by atoms with Gasteiger partial charge in [0.25, 0.3) is 5.91 Å². The van der Waals surface area contributed by atoms with E-state index in [9.17, 15) is 22.8 Å². The molecule has 0 spiro atoms. The van der Waals surface area contributed by atoms with Gasteiger partial charge in [0.05, 0.1) is 11.3 Å². The van der Waals surface area contributed by atoms with Crippen molar-refractivity contribution in [1.82, 2.24) is 19.8 Å². The van der Waals surface area contributed by atoms with Crippen LogP contribution in [0.5, 0.6) is 0 Å². The highest BCUT2D eigenvalue weighted by Gasteiger charge is 2.35. The average molecular weight is 406 g/mol. The van der Waals surface area contributed by atoms with Crippen molar-refractivity contribution in [2.24, 2.45) is 0 Å². The highest BCUT2D eigenvalue weighted by Crippen LogP contribution is 2.26. The molecule has 1 aliphatic carbocycles. The summed E-state index contributed by atoms with van der Waals surface area (Å²) in [5.41, 5.74) is 2.32. The van der Waals surface area contributed by atoms with Gasteiger partial charge in [-0.3, -0.25) is 14.9 Å². The summed E-state index contributed by atoms with van der Waals surface area (Å²) in [7, 11) is -3.60. The second-order valence-corrected chi connectivity index (χ2v) is 9.23. The zero-order valence-corrected chi connectivity index (χ0v) is 16.1. The van der Waals surface area contributed by atoms with E-state index in [1.807, 2.05) is 6.07 Å². The highest BCUT2D eigenvalue weighted by atomic mass is 32.2. The third-order valence-corrected chi connectivity index (χ3v) is 7.43. The SMILES string of the molecule is O=C1NC(=O)C(CC(=O)N2CCN(S(=O)(=O)c3ccc4c(c3)CCC4)CC2)N1. The van der Waals surface area contributed by atoms with Gasteiger partial charge in [-0.15, -0.1) is 0 Å². The number of carbonyl (C=O) groups excluding carboxylic acids is 3. The fourth-order valence-corrected chi connectivity index (χ4v) is 5.42. The van der Waals surface area contributed by atoms with Crippen molar-refractivity contribution in [3.05, 3.63) is 29.3 Å². The fourth-order valence-electron chi connectivity index (χ4n) is 3.94. The molecule has 0 aromatic heterocycles. The Bertz CT molecular complexity index is 937. The van der Waals surface area contributed by atoms with Crippen LogP contribution in [0.2, 0.25) is 0 Å². The lowest BCUT2D eigenvalue weighted by molar-refractivity contribution is -0.134. The number of fused-ring (bicyclic) bond motifs is 1. The second-order valence-electron chi connectivity index (χ2n) is 7.29. The maximum atomic E-state index is 12.9. The summed E-state index contributed by atoms with van der Waals surface area (Å²) in [6.45, 7) is 0.916. The maximum Gasteiger partial charge on any atom is 0.322 e. The van der Waals surface area contributed by atoms with Crippen molar-refractivity contribution in [1.29, 1.82) is 0 Å². The Morgan fingerprint density at radius 2 is 1.79 bits per heavy atom. The number of rotatable bonds is 4. The largest absolute Gasteiger partial charge is 0.340 e. The molecule has 1 aromatic rings. The van der Waals surface area contributed by atoms with Crippen molar-refractivity contribution in [3.63, 3.8) is 0 Å². The van der Waals surface area contributed by atoms with Crippen LogP contribution in [0.3, 0.4) is 0 Å². The Morgan fingerprint density at radius 1 is 1.07 bits per heavy atom. The minimum absolute atomic E-state index is 0.130. The van der Waals surface area contributed by atoms with Crippen LogP contribution in [-0.4, -0.2) is 67.7 Å². The lowest BCUT2D eigenvalue weighted by Gasteiger charge is -2.34. The molecular formula is C18H22N4O5S. The number of nitrogens with zero attached hydrogens (tertiary/aromatic N) is 2. The summed E-state index contributed by atoms with van der Waals surface area (Å²) in [4.78, 5) is 36.9. The molecule has 2 aliphatic heterocycles. The number of hydrogen-bond donors (Lipinski definition) is 2. The van der Waals surface area contributed by atoms with E-state index in [1.165, 1.54) is 14.8 Å². The standard InChI is InChI=1S/C18H22N4O5S/c23-16(11-15-17(24)20-18(25)19-15)21-6-8-22(9-7-21)28(26,27)14-5-4-12-2-1-3-13(12)10-14/h4-5,10,15H,1-3,6-9,11H2,(H2,19,20,24,25). The Morgan fingerprint density at radius 3 is 2.46 bits per heavy atom. The summed E-state index contributed by atoms with van der Waals surface area (Å²) in [6, 6.07) is 3.87. The van der Waals surface area contributed by atoms with E-state index in [-0.39, 0.29) is 38.5 Å². The predicted molar refractivity (Wildman–Crippen MR) is 98.9 cm³/mol. The van der Waals surface area contributed by atoms with Gasteiger partial charge in [-0.2, -0.15) is 4.31 Å². The van der Waals surface area contributed by atoms with Gasteiger partial charge in [0.1, 0.15) is 6.04 Å². The number of sulfonamides is 1. The number of aryl methyl sites for hydroxylation is 2. The van der Waals surface area contributed by atoms with Gasteiger partial charge < -0.3 is 10.2 Å². The molecule has 150 valence electrons. The van der Waals surface area contributed by atoms with E-state index >= 15 is 0 Å². The third-order valence-electron chi connectivity index (χ3n) is 5.54. The van der Waals surface area contributed by atoms with Gasteiger partial charge in [0.15, 0.2) is 0 Å². The maximum absolute atomic E-state index is 12.9. The third kappa shape index (κ3) is 3.49. The van der Waals surface area contributed by atoms with E-state index in [0.29, 0.717) is 4.90 Å². The molecule has 2 fully saturated rings. The number of hydrogen-bond acceptors (Lipinski definition) is 5. The van der Waals surface area contributed by atoms with Crippen LogP contribution < -0.4 is 10.6 Å². The predicted octanol–water partition coefficient (Wildman–Crippen LogP) is -0.394. The van der Waals surface area contributed by atoms with E-state index in [0.717, 1.165) is 24.8 Å². The van der Waals surface area contributed by atoms with Crippen LogP contribution in [0.4, 0.5) is 4.79 Å². The van der Waals surface area contributed by atoms with Gasteiger partial charge in [-0.05, 0) is 42.5 Å². The first-order valence-electron chi connectivity index (χ1n) is 9.36. The molecule has 28 heavy (non-hydrogen) atoms. The molecule has 0 radical (unpaired) electrons. The first kappa shape index (κ1) is 18.9. The molecule has 1 atom stereocenters. The van der Waals surface area contributed by atoms with E-state index in [4.69, 9.17) is 0 Å². The number of urea groups is 1. The van der Waals surface area contributed by atoms with Crippen LogP contribution in [-0.2, 0) is 32.5 Å². The lowest BCUT2D eigenvalue weighted by Crippen LogP contribution is -2.51. The van der Waals surface area contributed by atoms with E-state index in [1.54, 1.807) is 12.1 Å². The molecule has 3 aliphatic rings. The van der Waals surface area contributed by atoms with Crippen molar-refractivity contribution in [2.45, 2.75) is 36.6 Å². The highest BCUT2D eigenvalue weighted by molar-refractivity contribution is 7.89. The summed E-state index contributed by atoms with van der Waals surface area (Å²) < 4.78 is 27.3. The number of nitrogens with one attached hydrogen (secondary N) is 2. The van der Waals surface area contributed by atoms with Crippen molar-refractivity contribution in [3.8, 4) is 0 Å². The molecule has 1 unspecified atom stereocenters. The lowest BCUT2D eigenvalue weighted by atomic mass is 10.1. The number of imide groups is 1. The molecule has 4 amide bonds. The number of carbonyl (C=O) groups is 3. The number of amides is 4. The van der Waals surface area contributed by atoms with Gasteiger partial charge in [-0.25, -0.2) is 13.2 Å². The topological polar surface area (TPSA) is 116 Å². The minimum Gasteiger partial charge on any atom is -0.340 e. The molecule has 1 aromatic carbocycles. The van der Waals surface area contributed by atoms with Gasteiger partial charge in [0, 0.05) is 26.2 Å². The zero-order valence-electron chi connectivity index (χ0n) is 15.3. The Hall–Kier alpha value is -2.46. The van der Waals surface area contributed by atoms with E-state index in [2.05, 4.69) is 10.6 Å². The van der Waals surface area contributed by atoms with Crippen molar-refractivity contribution in [2.75, 3.05) is 26.2 Å². The molecule has 2 saturated heterocycles. The van der Waals surface area contributed by atoms with Gasteiger partial charge in [-0.1, -0.05) is 6.07 Å².